The molecule has 0 saturated heterocycles. The molecule has 0 atom stereocenters. The van der Waals surface area contributed by atoms with E-state index < -0.39 is 0 Å². The standard InChI is InChI=1S/C19H15ClN2O.H3N/c1-13-11-21-19(23-13)18-15(6-4-7-16(18)20)12-22-10-9-14-5-2-3-8-17(14)22;/h2-11H,12H2,1H3;1H3. The molecule has 2 aromatic heterocycles. The lowest BCUT2D eigenvalue weighted by molar-refractivity contribution is 0.541. The second-order valence-electron chi connectivity index (χ2n) is 5.55. The zero-order chi connectivity index (χ0) is 15.8. The van der Waals surface area contributed by atoms with Crippen LogP contribution in [-0.2, 0) is 6.54 Å². The van der Waals surface area contributed by atoms with E-state index in [2.05, 4.69) is 46.1 Å². The summed E-state index contributed by atoms with van der Waals surface area (Å²) >= 11 is 6.42. The maximum atomic E-state index is 6.42. The zero-order valence-corrected chi connectivity index (χ0v) is 14.1. The van der Waals surface area contributed by atoms with Gasteiger partial charge in [-0.05, 0) is 36.1 Å². The molecule has 4 rings (SSSR count). The van der Waals surface area contributed by atoms with Crippen LogP contribution in [0.25, 0.3) is 22.4 Å². The maximum Gasteiger partial charge on any atom is 0.228 e. The minimum Gasteiger partial charge on any atom is -0.441 e. The number of aryl methyl sites for hydroxylation is 1. The molecule has 0 unspecified atom stereocenters. The molecule has 2 aromatic carbocycles. The summed E-state index contributed by atoms with van der Waals surface area (Å²) in [5, 5.41) is 1.88. The smallest absolute Gasteiger partial charge is 0.228 e. The lowest BCUT2D eigenvalue weighted by atomic mass is 10.1. The van der Waals surface area contributed by atoms with Crippen LogP contribution in [0, 0.1) is 6.92 Å². The van der Waals surface area contributed by atoms with E-state index in [9.17, 15) is 0 Å². The highest BCUT2D eigenvalue weighted by atomic mass is 35.5. The van der Waals surface area contributed by atoms with E-state index in [-0.39, 0.29) is 6.15 Å². The van der Waals surface area contributed by atoms with Crippen molar-refractivity contribution in [3.05, 3.63) is 77.3 Å². The number of benzene rings is 2. The highest BCUT2D eigenvalue weighted by molar-refractivity contribution is 6.33. The Morgan fingerprint density at radius 1 is 1.08 bits per heavy atom. The van der Waals surface area contributed by atoms with Gasteiger partial charge in [0.25, 0.3) is 0 Å². The summed E-state index contributed by atoms with van der Waals surface area (Å²) in [6.07, 6.45) is 3.81. The van der Waals surface area contributed by atoms with E-state index in [0.29, 0.717) is 17.5 Å². The van der Waals surface area contributed by atoms with Crippen molar-refractivity contribution in [2.45, 2.75) is 13.5 Å². The van der Waals surface area contributed by atoms with Crippen LogP contribution in [0.2, 0.25) is 5.02 Å². The fourth-order valence-corrected chi connectivity index (χ4v) is 3.15. The minimum atomic E-state index is 0. The number of fused-ring (bicyclic) bond motifs is 1. The van der Waals surface area contributed by atoms with Crippen molar-refractivity contribution in [1.29, 1.82) is 0 Å². The van der Waals surface area contributed by atoms with Gasteiger partial charge < -0.3 is 15.1 Å². The predicted octanol–water partition coefficient (Wildman–Crippen LogP) is 5.47. The first kappa shape index (κ1) is 16.3. The fourth-order valence-electron chi connectivity index (χ4n) is 2.87. The number of aromatic nitrogens is 2. The summed E-state index contributed by atoms with van der Waals surface area (Å²) in [6.45, 7) is 2.59. The molecule has 2 heterocycles. The van der Waals surface area contributed by atoms with E-state index in [1.54, 1.807) is 6.20 Å². The molecular weight excluding hydrogens is 322 g/mol. The zero-order valence-electron chi connectivity index (χ0n) is 13.4. The van der Waals surface area contributed by atoms with Crippen molar-refractivity contribution in [2.24, 2.45) is 0 Å². The number of para-hydroxylation sites is 1. The van der Waals surface area contributed by atoms with Crippen LogP contribution in [0.4, 0.5) is 0 Å². The van der Waals surface area contributed by atoms with Gasteiger partial charge in [-0.25, -0.2) is 4.98 Å². The predicted molar refractivity (Wildman–Crippen MR) is 97.7 cm³/mol. The molecule has 24 heavy (non-hydrogen) atoms. The van der Waals surface area contributed by atoms with Gasteiger partial charge in [0.1, 0.15) is 5.76 Å². The van der Waals surface area contributed by atoms with Gasteiger partial charge in [0.2, 0.25) is 5.89 Å². The topological polar surface area (TPSA) is 66.0 Å². The molecular formula is C19H18ClN3O. The largest absolute Gasteiger partial charge is 0.441 e. The number of oxazole rings is 1. The third-order valence-electron chi connectivity index (χ3n) is 3.96. The van der Waals surface area contributed by atoms with Gasteiger partial charge in [0, 0.05) is 18.3 Å². The van der Waals surface area contributed by atoms with Crippen LogP contribution in [0.5, 0.6) is 0 Å². The molecule has 0 aliphatic rings. The first-order valence-electron chi connectivity index (χ1n) is 7.46. The molecule has 0 amide bonds. The van der Waals surface area contributed by atoms with Gasteiger partial charge in [0.15, 0.2) is 0 Å². The second kappa shape index (κ2) is 6.51. The van der Waals surface area contributed by atoms with Crippen molar-refractivity contribution in [1.82, 2.24) is 15.7 Å². The first-order valence-corrected chi connectivity index (χ1v) is 7.84. The summed E-state index contributed by atoms with van der Waals surface area (Å²) in [6, 6.07) is 16.3. The van der Waals surface area contributed by atoms with Crippen LogP contribution in [-0.4, -0.2) is 9.55 Å². The normalized spacial score (nSPS) is 10.8. The lowest BCUT2D eigenvalue weighted by Gasteiger charge is -2.11. The average Bonchev–Trinajstić information content (AvgIpc) is 3.15. The molecule has 4 aromatic rings. The maximum absolute atomic E-state index is 6.42. The van der Waals surface area contributed by atoms with Gasteiger partial charge in [0.05, 0.1) is 16.8 Å². The second-order valence-corrected chi connectivity index (χ2v) is 5.96. The highest BCUT2D eigenvalue weighted by Crippen LogP contribution is 2.32. The van der Waals surface area contributed by atoms with E-state index in [1.807, 2.05) is 25.1 Å². The molecule has 122 valence electrons. The number of hydrogen-bond donors (Lipinski definition) is 1. The Balaban J connectivity index is 0.00000169. The Morgan fingerprint density at radius 3 is 2.71 bits per heavy atom. The van der Waals surface area contributed by atoms with Gasteiger partial charge in [-0.2, -0.15) is 0 Å². The van der Waals surface area contributed by atoms with Crippen LogP contribution in [0.3, 0.4) is 0 Å². The molecule has 3 N–H and O–H groups in total. The van der Waals surface area contributed by atoms with E-state index in [1.165, 1.54) is 10.9 Å². The van der Waals surface area contributed by atoms with E-state index >= 15 is 0 Å². The van der Waals surface area contributed by atoms with Gasteiger partial charge in [-0.15, -0.1) is 0 Å². The molecule has 0 fully saturated rings. The van der Waals surface area contributed by atoms with E-state index in [4.69, 9.17) is 16.0 Å². The monoisotopic (exact) mass is 339 g/mol. The third-order valence-corrected chi connectivity index (χ3v) is 4.27. The minimum absolute atomic E-state index is 0. The molecule has 0 spiro atoms. The quantitative estimate of drug-likeness (QED) is 0.538. The Morgan fingerprint density at radius 2 is 1.92 bits per heavy atom. The molecule has 0 saturated carbocycles. The van der Waals surface area contributed by atoms with Gasteiger partial charge in [-0.1, -0.05) is 41.9 Å². The van der Waals surface area contributed by atoms with Gasteiger partial charge in [-0.3, -0.25) is 0 Å². The third kappa shape index (κ3) is 2.82. The summed E-state index contributed by atoms with van der Waals surface area (Å²) in [7, 11) is 0. The summed E-state index contributed by atoms with van der Waals surface area (Å²) in [5.74, 6) is 1.34. The molecule has 0 bridgehead atoms. The van der Waals surface area contributed by atoms with Crippen LogP contribution >= 0.6 is 11.6 Å². The lowest BCUT2D eigenvalue weighted by Crippen LogP contribution is -2.00. The molecule has 0 aliphatic heterocycles. The number of halogens is 1. The Bertz CT molecular complexity index is 987. The van der Waals surface area contributed by atoms with Gasteiger partial charge >= 0.3 is 0 Å². The average molecular weight is 340 g/mol. The van der Waals surface area contributed by atoms with Crippen LogP contribution in [0.1, 0.15) is 11.3 Å². The molecule has 4 nitrogen and oxygen atoms in total. The Labute approximate surface area is 145 Å². The van der Waals surface area contributed by atoms with Crippen molar-refractivity contribution in [2.75, 3.05) is 0 Å². The van der Waals surface area contributed by atoms with Crippen molar-refractivity contribution in [3.8, 4) is 11.5 Å². The van der Waals surface area contributed by atoms with Crippen molar-refractivity contribution >= 4 is 22.5 Å². The molecule has 0 aliphatic carbocycles. The number of hydrogen-bond acceptors (Lipinski definition) is 3. The summed E-state index contributed by atoms with van der Waals surface area (Å²) in [4.78, 5) is 4.34. The number of rotatable bonds is 3. The Kier molecular flexibility index (Phi) is 4.42. The number of nitrogens with zero attached hydrogens (tertiary/aromatic N) is 2. The first-order chi connectivity index (χ1) is 11.2. The highest BCUT2D eigenvalue weighted by Gasteiger charge is 2.15. The van der Waals surface area contributed by atoms with Crippen LogP contribution in [0.15, 0.2) is 65.3 Å². The van der Waals surface area contributed by atoms with Crippen molar-refractivity contribution < 1.29 is 4.42 Å². The van der Waals surface area contributed by atoms with Crippen molar-refractivity contribution in [3.63, 3.8) is 0 Å². The van der Waals surface area contributed by atoms with E-state index in [0.717, 1.165) is 16.9 Å². The van der Waals surface area contributed by atoms with Crippen LogP contribution < -0.4 is 6.15 Å². The summed E-state index contributed by atoms with van der Waals surface area (Å²) in [5.41, 5.74) is 3.14. The molecule has 5 heteroatoms. The Hall–Kier alpha value is -2.56. The SMILES string of the molecule is Cc1cnc(-c2c(Cl)cccc2Cn2ccc3ccccc32)o1.N. The molecule has 0 radical (unpaired) electrons. The fraction of sp³-hybridized carbons (Fsp3) is 0.105. The summed E-state index contributed by atoms with van der Waals surface area (Å²) < 4.78 is 7.90.